The summed E-state index contributed by atoms with van der Waals surface area (Å²) in [6, 6.07) is 14.9. The predicted octanol–water partition coefficient (Wildman–Crippen LogP) is 3.46. The summed E-state index contributed by atoms with van der Waals surface area (Å²) in [5.41, 5.74) is 7.19. The molecular formula is C17H19FN2O. The van der Waals surface area contributed by atoms with E-state index in [-0.39, 0.29) is 11.9 Å². The van der Waals surface area contributed by atoms with Gasteiger partial charge in [0.1, 0.15) is 6.10 Å². The summed E-state index contributed by atoms with van der Waals surface area (Å²) < 4.78 is 19.5. The number of rotatable bonds is 3. The molecule has 0 aliphatic carbocycles. The molecule has 3 rings (SSSR count). The maximum absolute atomic E-state index is 13.7. The first-order chi connectivity index (χ1) is 10.2. The highest BCUT2D eigenvalue weighted by atomic mass is 19.1. The van der Waals surface area contributed by atoms with Crippen molar-refractivity contribution in [2.75, 3.05) is 23.7 Å². The number of nitrogen functional groups attached to an aromatic ring is 1. The van der Waals surface area contributed by atoms with Gasteiger partial charge in [-0.1, -0.05) is 18.2 Å². The Morgan fingerprint density at radius 1 is 1.05 bits per heavy atom. The number of hydrogen-bond donors (Lipinski definition) is 1. The molecule has 1 aliphatic rings. The van der Waals surface area contributed by atoms with Gasteiger partial charge in [-0.25, -0.2) is 4.39 Å². The minimum Gasteiger partial charge on any atom is -0.487 e. The minimum absolute atomic E-state index is 0.0584. The van der Waals surface area contributed by atoms with Crippen molar-refractivity contribution in [2.24, 2.45) is 0 Å². The van der Waals surface area contributed by atoms with E-state index in [4.69, 9.17) is 10.5 Å². The zero-order valence-electron chi connectivity index (χ0n) is 11.8. The maximum Gasteiger partial charge on any atom is 0.167 e. The molecule has 2 N–H and O–H groups in total. The third-order valence-electron chi connectivity index (χ3n) is 3.81. The SMILES string of the molecule is Nc1ccc(OC2CCN(c3ccccc3)CC2)c(F)c1. The molecule has 0 amide bonds. The first-order valence-electron chi connectivity index (χ1n) is 7.24. The molecule has 0 aromatic heterocycles. The molecule has 1 aliphatic heterocycles. The van der Waals surface area contributed by atoms with E-state index in [9.17, 15) is 4.39 Å². The number of nitrogens with two attached hydrogens (primary N) is 1. The summed E-state index contributed by atoms with van der Waals surface area (Å²) in [5.74, 6) is -0.0946. The fraction of sp³-hybridized carbons (Fsp3) is 0.294. The van der Waals surface area contributed by atoms with E-state index in [0.29, 0.717) is 11.4 Å². The highest BCUT2D eigenvalue weighted by Crippen LogP contribution is 2.25. The Morgan fingerprint density at radius 3 is 2.43 bits per heavy atom. The number of halogens is 1. The normalized spacial score (nSPS) is 16.0. The van der Waals surface area contributed by atoms with Crippen LogP contribution >= 0.6 is 0 Å². The van der Waals surface area contributed by atoms with Crippen LogP contribution < -0.4 is 15.4 Å². The van der Waals surface area contributed by atoms with Gasteiger partial charge in [0.15, 0.2) is 11.6 Å². The van der Waals surface area contributed by atoms with Crippen LogP contribution in [0.5, 0.6) is 5.75 Å². The second-order valence-corrected chi connectivity index (χ2v) is 5.33. The molecule has 1 fully saturated rings. The van der Waals surface area contributed by atoms with Crippen LogP contribution in [0.1, 0.15) is 12.8 Å². The number of hydrogen-bond acceptors (Lipinski definition) is 3. The van der Waals surface area contributed by atoms with E-state index in [1.807, 2.05) is 18.2 Å². The quantitative estimate of drug-likeness (QED) is 0.878. The van der Waals surface area contributed by atoms with Crippen molar-refractivity contribution in [1.82, 2.24) is 0 Å². The number of anilines is 2. The van der Waals surface area contributed by atoms with Gasteiger partial charge in [0, 0.05) is 43.4 Å². The van der Waals surface area contributed by atoms with E-state index >= 15 is 0 Å². The van der Waals surface area contributed by atoms with Crippen molar-refractivity contribution in [3.63, 3.8) is 0 Å². The summed E-state index contributed by atoms with van der Waals surface area (Å²) in [6.45, 7) is 1.84. The van der Waals surface area contributed by atoms with Crippen molar-refractivity contribution in [2.45, 2.75) is 18.9 Å². The lowest BCUT2D eigenvalue weighted by molar-refractivity contribution is 0.164. The first-order valence-corrected chi connectivity index (χ1v) is 7.24. The second-order valence-electron chi connectivity index (χ2n) is 5.33. The molecule has 0 spiro atoms. The summed E-state index contributed by atoms with van der Waals surface area (Å²) in [7, 11) is 0. The molecule has 110 valence electrons. The molecule has 0 saturated carbocycles. The van der Waals surface area contributed by atoms with Crippen LogP contribution in [-0.2, 0) is 0 Å². The van der Waals surface area contributed by atoms with Crippen LogP contribution in [0.4, 0.5) is 15.8 Å². The fourth-order valence-corrected chi connectivity index (χ4v) is 2.66. The van der Waals surface area contributed by atoms with E-state index in [2.05, 4.69) is 17.0 Å². The second kappa shape index (κ2) is 6.04. The molecular weight excluding hydrogens is 267 g/mol. The van der Waals surface area contributed by atoms with Gasteiger partial charge in [-0.05, 0) is 24.3 Å². The highest BCUT2D eigenvalue weighted by Gasteiger charge is 2.21. The highest BCUT2D eigenvalue weighted by molar-refractivity contribution is 5.46. The van der Waals surface area contributed by atoms with Gasteiger partial charge in [-0.15, -0.1) is 0 Å². The molecule has 2 aromatic carbocycles. The van der Waals surface area contributed by atoms with Gasteiger partial charge >= 0.3 is 0 Å². The van der Waals surface area contributed by atoms with E-state index in [0.717, 1.165) is 25.9 Å². The Morgan fingerprint density at radius 2 is 1.76 bits per heavy atom. The van der Waals surface area contributed by atoms with Crippen molar-refractivity contribution in [3.05, 3.63) is 54.3 Å². The van der Waals surface area contributed by atoms with Crippen molar-refractivity contribution >= 4 is 11.4 Å². The van der Waals surface area contributed by atoms with Crippen LogP contribution in [0.25, 0.3) is 0 Å². The van der Waals surface area contributed by atoms with Crippen LogP contribution in [0.2, 0.25) is 0 Å². The number of piperidine rings is 1. The molecule has 21 heavy (non-hydrogen) atoms. The lowest BCUT2D eigenvalue weighted by atomic mass is 10.1. The zero-order valence-corrected chi connectivity index (χ0v) is 11.8. The van der Waals surface area contributed by atoms with Gasteiger partial charge in [-0.2, -0.15) is 0 Å². The predicted molar refractivity (Wildman–Crippen MR) is 83.1 cm³/mol. The molecule has 0 bridgehead atoms. The number of benzene rings is 2. The van der Waals surface area contributed by atoms with Crippen molar-refractivity contribution in [1.29, 1.82) is 0 Å². The lowest BCUT2D eigenvalue weighted by Gasteiger charge is -2.33. The number of para-hydroxylation sites is 1. The Labute approximate surface area is 124 Å². The third-order valence-corrected chi connectivity index (χ3v) is 3.81. The first kappa shape index (κ1) is 13.7. The van der Waals surface area contributed by atoms with Crippen molar-refractivity contribution in [3.8, 4) is 5.75 Å². The van der Waals surface area contributed by atoms with E-state index in [1.54, 1.807) is 12.1 Å². The topological polar surface area (TPSA) is 38.5 Å². The van der Waals surface area contributed by atoms with Gasteiger partial charge in [0.25, 0.3) is 0 Å². The Kier molecular flexibility index (Phi) is 3.95. The summed E-state index contributed by atoms with van der Waals surface area (Å²) in [6.07, 6.45) is 1.83. The minimum atomic E-state index is -0.388. The molecule has 3 nitrogen and oxygen atoms in total. The average molecular weight is 286 g/mol. The average Bonchev–Trinajstić information content (AvgIpc) is 2.52. The van der Waals surface area contributed by atoms with Gasteiger partial charge in [0.05, 0.1) is 0 Å². The molecule has 1 heterocycles. The largest absolute Gasteiger partial charge is 0.487 e. The van der Waals surface area contributed by atoms with E-state index in [1.165, 1.54) is 11.8 Å². The monoisotopic (exact) mass is 286 g/mol. The smallest absolute Gasteiger partial charge is 0.167 e. The zero-order chi connectivity index (χ0) is 14.7. The molecule has 2 aromatic rings. The number of ether oxygens (including phenoxy) is 1. The van der Waals surface area contributed by atoms with Crippen LogP contribution in [0.15, 0.2) is 48.5 Å². The summed E-state index contributed by atoms with van der Waals surface area (Å²) >= 11 is 0. The molecule has 4 heteroatoms. The Hall–Kier alpha value is -2.23. The molecule has 0 radical (unpaired) electrons. The Balaban J connectivity index is 1.59. The van der Waals surface area contributed by atoms with Crippen molar-refractivity contribution < 1.29 is 9.13 Å². The van der Waals surface area contributed by atoms with Crippen LogP contribution in [-0.4, -0.2) is 19.2 Å². The maximum atomic E-state index is 13.7. The van der Waals surface area contributed by atoms with Crippen LogP contribution in [0, 0.1) is 5.82 Å². The summed E-state index contributed by atoms with van der Waals surface area (Å²) in [4.78, 5) is 2.33. The molecule has 0 unspecified atom stereocenters. The van der Waals surface area contributed by atoms with E-state index < -0.39 is 0 Å². The van der Waals surface area contributed by atoms with Crippen LogP contribution in [0.3, 0.4) is 0 Å². The number of nitrogens with zero attached hydrogens (tertiary/aromatic N) is 1. The van der Waals surface area contributed by atoms with Gasteiger partial charge in [0.2, 0.25) is 0 Å². The Bertz CT molecular complexity index is 595. The van der Waals surface area contributed by atoms with Gasteiger partial charge < -0.3 is 15.4 Å². The molecule has 1 saturated heterocycles. The third kappa shape index (κ3) is 3.27. The molecule has 0 atom stereocenters. The fourth-order valence-electron chi connectivity index (χ4n) is 2.66. The summed E-state index contributed by atoms with van der Waals surface area (Å²) in [5, 5.41) is 0. The lowest BCUT2D eigenvalue weighted by Crippen LogP contribution is -2.38. The van der Waals surface area contributed by atoms with Gasteiger partial charge in [-0.3, -0.25) is 0 Å². The standard InChI is InChI=1S/C17H19FN2O/c18-16-12-13(19)6-7-17(16)21-15-8-10-20(11-9-15)14-4-2-1-3-5-14/h1-7,12,15H,8-11,19H2.